The van der Waals surface area contributed by atoms with Crippen LogP contribution in [0.3, 0.4) is 0 Å². The van der Waals surface area contributed by atoms with Crippen molar-refractivity contribution < 1.29 is 23.8 Å². The first-order valence-corrected chi connectivity index (χ1v) is 13.0. The van der Waals surface area contributed by atoms with Gasteiger partial charge in [-0.3, -0.25) is 0 Å². The number of aliphatic hydroxyl groups excluding tert-OH is 1. The van der Waals surface area contributed by atoms with Crippen LogP contribution in [0.15, 0.2) is 95.4 Å². The molecule has 5 rings (SSSR count). The van der Waals surface area contributed by atoms with Crippen molar-refractivity contribution in [3.63, 3.8) is 0 Å². The number of ether oxygens (including phenoxy) is 2. The molecule has 0 spiro atoms. The predicted octanol–water partition coefficient (Wildman–Crippen LogP) is 6.35. The van der Waals surface area contributed by atoms with E-state index in [0.29, 0.717) is 37.5 Å². The van der Waals surface area contributed by atoms with E-state index in [9.17, 15) is 9.90 Å². The number of oxazole rings is 1. The highest BCUT2D eigenvalue weighted by Crippen LogP contribution is 2.40. The van der Waals surface area contributed by atoms with Gasteiger partial charge >= 0.3 is 5.97 Å². The number of aromatic nitrogens is 1. The highest BCUT2D eigenvalue weighted by molar-refractivity contribution is 5.79. The van der Waals surface area contributed by atoms with Crippen molar-refractivity contribution in [1.82, 2.24) is 4.98 Å². The second-order valence-corrected chi connectivity index (χ2v) is 9.36. The molecule has 1 aliphatic rings. The standard InChI is InChI=1S/C32H31NO5/c1-2-36-29(35)21-37-27-15-9-10-22(19-27)18-25-20-26(34)16-17-28(25)32-33-30(23-11-5-3-6-12-23)31(38-32)24-13-7-4-8-14-24/h3-15,17,19,25-26,34H,2,16,18,20-21H2,1H3/t25-,26-/m1/s1. The summed E-state index contributed by atoms with van der Waals surface area (Å²) in [6.07, 6.45) is 3.45. The number of carbonyl (C=O) groups is 1. The Bertz CT molecular complexity index is 1340. The van der Waals surface area contributed by atoms with Gasteiger partial charge in [-0.1, -0.05) is 78.9 Å². The molecule has 0 fully saturated rings. The van der Waals surface area contributed by atoms with Crippen LogP contribution in [-0.4, -0.2) is 35.4 Å². The Kier molecular flexibility index (Phi) is 8.00. The molecule has 1 heterocycles. The van der Waals surface area contributed by atoms with Gasteiger partial charge in [0.15, 0.2) is 12.4 Å². The smallest absolute Gasteiger partial charge is 0.344 e. The topological polar surface area (TPSA) is 81.8 Å². The number of carbonyl (C=O) groups excluding carboxylic acids is 1. The summed E-state index contributed by atoms with van der Waals surface area (Å²) >= 11 is 0. The minimum atomic E-state index is -0.427. The van der Waals surface area contributed by atoms with Crippen molar-refractivity contribution >= 4 is 11.5 Å². The summed E-state index contributed by atoms with van der Waals surface area (Å²) in [5.74, 6) is 1.52. The van der Waals surface area contributed by atoms with E-state index < -0.39 is 12.1 Å². The van der Waals surface area contributed by atoms with Gasteiger partial charge in [-0.25, -0.2) is 9.78 Å². The molecule has 6 nitrogen and oxygen atoms in total. The summed E-state index contributed by atoms with van der Waals surface area (Å²) in [5, 5.41) is 10.5. The molecule has 0 aliphatic heterocycles. The lowest BCUT2D eigenvalue weighted by molar-refractivity contribution is -0.145. The van der Waals surface area contributed by atoms with Crippen molar-refractivity contribution in [3.8, 4) is 28.3 Å². The fourth-order valence-corrected chi connectivity index (χ4v) is 4.85. The molecular weight excluding hydrogens is 478 g/mol. The van der Waals surface area contributed by atoms with Crippen LogP contribution in [0.5, 0.6) is 5.75 Å². The SMILES string of the molecule is CCOC(=O)COc1cccc(C[C@@H]2C[C@H](O)CC=C2c2nc(-c3ccccc3)c(-c3ccccc3)o2)c1. The van der Waals surface area contributed by atoms with Gasteiger partial charge in [-0.2, -0.15) is 0 Å². The molecule has 6 heteroatoms. The van der Waals surface area contributed by atoms with E-state index in [2.05, 4.69) is 6.08 Å². The van der Waals surface area contributed by atoms with Crippen LogP contribution in [0.25, 0.3) is 28.2 Å². The molecule has 1 aromatic heterocycles. The molecule has 1 aliphatic carbocycles. The lowest BCUT2D eigenvalue weighted by Gasteiger charge is -2.26. The molecule has 38 heavy (non-hydrogen) atoms. The quantitative estimate of drug-likeness (QED) is 0.265. The van der Waals surface area contributed by atoms with Gasteiger partial charge in [0.05, 0.1) is 12.7 Å². The molecule has 2 atom stereocenters. The minimum absolute atomic E-state index is 0.00459. The van der Waals surface area contributed by atoms with E-state index >= 15 is 0 Å². The summed E-state index contributed by atoms with van der Waals surface area (Å²) < 4.78 is 17.1. The molecule has 0 unspecified atom stereocenters. The number of esters is 1. The van der Waals surface area contributed by atoms with Gasteiger partial charge in [0.1, 0.15) is 11.4 Å². The van der Waals surface area contributed by atoms with Gasteiger partial charge in [-0.15, -0.1) is 0 Å². The van der Waals surface area contributed by atoms with E-state index in [-0.39, 0.29) is 12.5 Å². The minimum Gasteiger partial charge on any atom is -0.482 e. The Morgan fingerprint density at radius 2 is 1.74 bits per heavy atom. The van der Waals surface area contributed by atoms with Crippen molar-refractivity contribution in [1.29, 1.82) is 0 Å². The summed E-state index contributed by atoms with van der Waals surface area (Å²) in [5.41, 5.74) is 4.78. The Labute approximate surface area is 222 Å². The van der Waals surface area contributed by atoms with Crippen molar-refractivity contribution in [3.05, 3.63) is 102 Å². The average molecular weight is 510 g/mol. The molecule has 0 radical (unpaired) electrons. The lowest BCUT2D eigenvalue weighted by atomic mass is 9.82. The molecule has 194 valence electrons. The van der Waals surface area contributed by atoms with E-state index in [4.69, 9.17) is 18.9 Å². The molecular formula is C32H31NO5. The van der Waals surface area contributed by atoms with Crippen LogP contribution in [0.1, 0.15) is 31.2 Å². The first-order valence-electron chi connectivity index (χ1n) is 13.0. The molecule has 0 amide bonds. The molecule has 0 saturated heterocycles. The second kappa shape index (κ2) is 11.9. The Morgan fingerprint density at radius 1 is 1.00 bits per heavy atom. The second-order valence-electron chi connectivity index (χ2n) is 9.36. The largest absolute Gasteiger partial charge is 0.482 e. The third-order valence-corrected chi connectivity index (χ3v) is 6.61. The maximum absolute atomic E-state index is 11.7. The van der Waals surface area contributed by atoms with E-state index in [1.54, 1.807) is 6.92 Å². The third kappa shape index (κ3) is 6.03. The first kappa shape index (κ1) is 25.5. The summed E-state index contributed by atoms with van der Waals surface area (Å²) in [6, 6.07) is 27.7. The van der Waals surface area contributed by atoms with Crippen LogP contribution >= 0.6 is 0 Å². The molecule has 0 saturated carbocycles. The van der Waals surface area contributed by atoms with Crippen LogP contribution in [0.2, 0.25) is 0 Å². The highest BCUT2D eigenvalue weighted by atomic mass is 16.6. The van der Waals surface area contributed by atoms with Gasteiger partial charge in [0.2, 0.25) is 5.89 Å². The molecule has 0 bridgehead atoms. The van der Waals surface area contributed by atoms with Gasteiger partial charge in [-0.05, 0) is 49.8 Å². The van der Waals surface area contributed by atoms with Gasteiger partial charge in [0, 0.05) is 16.7 Å². The fourth-order valence-electron chi connectivity index (χ4n) is 4.85. The maximum atomic E-state index is 11.7. The zero-order valence-corrected chi connectivity index (χ0v) is 21.4. The Balaban J connectivity index is 1.44. The number of rotatable bonds is 9. The van der Waals surface area contributed by atoms with Crippen LogP contribution in [0.4, 0.5) is 0 Å². The van der Waals surface area contributed by atoms with E-state index in [0.717, 1.165) is 33.7 Å². The number of hydrogen-bond acceptors (Lipinski definition) is 6. The summed E-state index contributed by atoms with van der Waals surface area (Å²) in [6.45, 7) is 1.95. The zero-order valence-electron chi connectivity index (χ0n) is 21.4. The summed E-state index contributed by atoms with van der Waals surface area (Å²) in [4.78, 5) is 16.7. The predicted molar refractivity (Wildman–Crippen MR) is 146 cm³/mol. The number of allylic oxidation sites excluding steroid dienone is 1. The maximum Gasteiger partial charge on any atom is 0.344 e. The monoisotopic (exact) mass is 509 g/mol. The van der Waals surface area contributed by atoms with E-state index in [1.807, 2.05) is 84.9 Å². The summed E-state index contributed by atoms with van der Waals surface area (Å²) in [7, 11) is 0. The number of nitrogens with zero attached hydrogens (tertiary/aromatic N) is 1. The van der Waals surface area contributed by atoms with Gasteiger partial charge in [0.25, 0.3) is 0 Å². The normalized spacial score (nSPS) is 17.1. The zero-order chi connectivity index (χ0) is 26.3. The average Bonchev–Trinajstić information content (AvgIpc) is 3.39. The van der Waals surface area contributed by atoms with Crippen molar-refractivity contribution in [2.75, 3.05) is 13.2 Å². The highest BCUT2D eigenvalue weighted by Gasteiger charge is 2.29. The number of aliphatic hydroxyl groups is 1. The first-order chi connectivity index (χ1) is 18.6. The van der Waals surface area contributed by atoms with Crippen LogP contribution < -0.4 is 4.74 Å². The fraction of sp³-hybridized carbons (Fsp3) is 0.250. The van der Waals surface area contributed by atoms with Crippen molar-refractivity contribution in [2.45, 2.75) is 32.3 Å². The van der Waals surface area contributed by atoms with Gasteiger partial charge < -0.3 is 19.0 Å². The van der Waals surface area contributed by atoms with Crippen molar-refractivity contribution in [2.24, 2.45) is 5.92 Å². The number of benzene rings is 3. The number of hydrogen-bond donors (Lipinski definition) is 1. The van der Waals surface area contributed by atoms with Crippen LogP contribution in [0, 0.1) is 5.92 Å². The molecule has 4 aromatic rings. The van der Waals surface area contributed by atoms with Crippen LogP contribution in [-0.2, 0) is 16.0 Å². The Hall–Kier alpha value is -4.16. The Morgan fingerprint density at radius 3 is 2.47 bits per heavy atom. The third-order valence-electron chi connectivity index (χ3n) is 6.61. The lowest BCUT2D eigenvalue weighted by Crippen LogP contribution is -2.21. The van der Waals surface area contributed by atoms with E-state index in [1.165, 1.54) is 0 Å². The molecule has 1 N–H and O–H groups in total. The molecule has 3 aromatic carbocycles.